The van der Waals surface area contributed by atoms with Gasteiger partial charge in [-0.15, -0.1) is 0 Å². The van der Waals surface area contributed by atoms with Gasteiger partial charge in [-0.3, -0.25) is 4.79 Å². The second-order valence-electron chi connectivity index (χ2n) is 5.61. The smallest absolute Gasteiger partial charge is 0.338 e. The first-order valence-electron chi connectivity index (χ1n) is 7.71. The highest BCUT2D eigenvalue weighted by Gasteiger charge is 2.10. The minimum Gasteiger partial charge on any atom is -0.452 e. The van der Waals surface area contributed by atoms with Crippen molar-refractivity contribution in [1.82, 2.24) is 5.32 Å². The maximum absolute atomic E-state index is 11.9. The number of hydrogen-bond acceptors (Lipinski definition) is 3. The molecule has 126 valence electrons. The summed E-state index contributed by atoms with van der Waals surface area (Å²) in [4.78, 5) is 23.7. The zero-order valence-electron chi connectivity index (χ0n) is 13.8. The average Bonchev–Trinajstić information content (AvgIpc) is 2.55. The lowest BCUT2D eigenvalue weighted by atomic mass is 10.1. The van der Waals surface area contributed by atoms with Gasteiger partial charge in [0, 0.05) is 11.6 Å². The van der Waals surface area contributed by atoms with Crippen LogP contribution in [0, 0.1) is 13.8 Å². The van der Waals surface area contributed by atoms with E-state index in [4.69, 9.17) is 16.3 Å². The van der Waals surface area contributed by atoms with Crippen LogP contribution in [0.15, 0.2) is 42.5 Å². The number of halogens is 1. The largest absolute Gasteiger partial charge is 0.452 e. The lowest BCUT2D eigenvalue weighted by Crippen LogP contribution is -2.30. The van der Waals surface area contributed by atoms with Gasteiger partial charge >= 0.3 is 5.97 Å². The van der Waals surface area contributed by atoms with E-state index >= 15 is 0 Å². The van der Waals surface area contributed by atoms with E-state index in [0.717, 1.165) is 16.7 Å². The van der Waals surface area contributed by atoms with Crippen molar-refractivity contribution < 1.29 is 14.3 Å². The van der Waals surface area contributed by atoms with E-state index in [0.29, 0.717) is 23.6 Å². The van der Waals surface area contributed by atoms with E-state index in [-0.39, 0.29) is 12.5 Å². The number of hydrogen-bond donors (Lipinski definition) is 1. The van der Waals surface area contributed by atoms with Crippen molar-refractivity contribution in [2.75, 3.05) is 13.2 Å². The number of carbonyl (C=O) groups excluding carboxylic acids is 2. The lowest BCUT2D eigenvalue weighted by Gasteiger charge is -2.08. The fourth-order valence-electron chi connectivity index (χ4n) is 2.17. The summed E-state index contributed by atoms with van der Waals surface area (Å²) < 4.78 is 5.03. The van der Waals surface area contributed by atoms with Crippen LogP contribution in [0.5, 0.6) is 0 Å². The van der Waals surface area contributed by atoms with Crippen LogP contribution in [-0.4, -0.2) is 25.0 Å². The van der Waals surface area contributed by atoms with Gasteiger partial charge in [0.1, 0.15) is 0 Å². The van der Waals surface area contributed by atoms with Crippen LogP contribution >= 0.6 is 11.6 Å². The second kappa shape index (κ2) is 8.50. The number of carbonyl (C=O) groups is 2. The maximum atomic E-state index is 11.9. The van der Waals surface area contributed by atoms with Gasteiger partial charge in [-0.2, -0.15) is 0 Å². The fraction of sp³-hybridized carbons (Fsp3) is 0.263. The van der Waals surface area contributed by atoms with Crippen molar-refractivity contribution in [3.05, 3.63) is 69.7 Å². The standard InChI is InChI=1S/C19H20ClNO3/c1-13-6-7-16(10-14(13)2)19(23)24-12-18(22)21-9-8-15-4-3-5-17(20)11-15/h3-7,10-11H,8-9,12H2,1-2H3,(H,21,22). The molecule has 5 heteroatoms. The molecule has 1 amide bonds. The Kier molecular flexibility index (Phi) is 6.38. The van der Waals surface area contributed by atoms with Gasteiger partial charge in [-0.25, -0.2) is 4.79 Å². The van der Waals surface area contributed by atoms with Gasteiger partial charge in [0.25, 0.3) is 5.91 Å². The summed E-state index contributed by atoms with van der Waals surface area (Å²) in [6.07, 6.45) is 0.664. The molecule has 0 saturated heterocycles. The third-order valence-electron chi connectivity index (χ3n) is 3.70. The molecule has 0 spiro atoms. The van der Waals surface area contributed by atoms with E-state index in [2.05, 4.69) is 5.32 Å². The Balaban J connectivity index is 1.74. The minimum absolute atomic E-state index is 0.290. The van der Waals surface area contributed by atoms with Gasteiger partial charge in [0.05, 0.1) is 5.56 Å². The SMILES string of the molecule is Cc1ccc(C(=O)OCC(=O)NCCc2cccc(Cl)c2)cc1C. The highest BCUT2D eigenvalue weighted by atomic mass is 35.5. The van der Waals surface area contributed by atoms with Crippen molar-refractivity contribution in [1.29, 1.82) is 0 Å². The Hall–Kier alpha value is -2.33. The zero-order chi connectivity index (χ0) is 17.5. The van der Waals surface area contributed by atoms with Crippen molar-refractivity contribution in [2.45, 2.75) is 20.3 Å². The number of esters is 1. The summed E-state index contributed by atoms with van der Waals surface area (Å²) in [5.41, 5.74) is 3.60. The second-order valence-corrected chi connectivity index (χ2v) is 6.04. The predicted octanol–water partition coefficient (Wildman–Crippen LogP) is 3.47. The summed E-state index contributed by atoms with van der Waals surface area (Å²) in [5, 5.41) is 3.39. The van der Waals surface area contributed by atoms with E-state index in [9.17, 15) is 9.59 Å². The lowest BCUT2D eigenvalue weighted by molar-refractivity contribution is -0.124. The monoisotopic (exact) mass is 345 g/mol. The number of rotatable bonds is 6. The number of aryl methyl sites for hydroxylation is 2. The molecule has 2 rings (SSSR count). The molecule has 0 saturated carbocycles. The Morgan fingerprint density at radius 1 is 1.08 bits per heavy atom. The molecular formula is C19H20ClNO3. The van der Waals surface area contributed by atoms with Crippen LogP contribution in [0.2, 0.25) is 5.02 Å². The molecular weight excluding hydrogens is 326 g/mol. The first kappa shape index (κ1) is 18.0. The molecule has 0 heterocycles. The zero-order valence-corrected chi connectivity index (χ0v) is 14.5. The Bertz CT molecular complexity index is 743. The van der Waals surface area contributed by atoms with Gasteiger partial charge in [-0.05, 0) is 61.2 Å². The molecule has 0 aromatic heterocycles. The molecule has 0 aliphatic heterocycles. The molecule has 0 bridgehead atoms. The van der Waals surface area contributed by atoms with Crippen LogP contribution < -0.4 is 5.32 Å². The highest BCUT2D eigenvalue weighted by Crippen LogP contribution is 2.11. The molecule has 0 atom stereocenters. The van der Waals surface area contributed by atoms with Crippen LogP contribution in [0.3, 0.4) is 0 Å². The third-order valence-corrected chi connectivity index (χ3v) is 3.94. The summed E-state index contributed by atoms with van der Waals surface area (Å²) in [5.74, 6) is -0.822. The normalized spacial score (nSPS) is 10.3. The predicted molar refractivity (Wildman–Crippen MR) is 94.4 cm³/mol. The first-order valence-corrected chi connectivity index (χ1v) is 8.09. The first-order chi connectivity index (χ1) is 11.5. The van der Waals surface area contributed by atoms with E-state index in [1.807, 2.05) is 38.1 Å². The summed E-state index contributed by atoms with van der Waals surface area (Å²) in [6, 6.07) is 12.8. The number of benzene rings is 2. The number of ether oxygens (including phenoxy) is 1. The van der Waals surface area contributed by atoms with Crippen molar-refractivity contribution in [3.8, 4) is 0 Å². The summed E-state index contributed by atoms with van der Waals surface area (Å²) in [7, 11) is 0. The molecule has 4 nitrogen and oxygen atoms in total. The quantitative estimate of drug-likeness (QED) is 0.815. The van der Waals surface area contributed by atoms with Crippen LogP contribution in [0.1, 0.15) is 27.0 Å². The van der Waals surface area contributed by atoms with Gasteiger partial charge in [-0.1, -0.05) is 29.8 Å². The molecule has 0 radical (unpaired) electrons. The Morgan fingerprint density at radius 3 is 2.58 bits per heavy atom. The molecule has 2 aromatic rings. The molecule has 0 aliphatic carbocycles. The van der Waals surface area contributed by atoms with E-state index < -0.39 is 5.97 Å². The Morgan fingerprint density at radius 2 is 1.88 bits per heavy atom. The Labute approximate surface area is 146 Å². The average molecular weight is 346 g/mol. The van der Waals surface area contributed by atoms with Crippen molar-refractivity contribution >= 4 is 23.5 Å². The maximum Gasteiger partial charge on any atom is 0.338 e. The van der Waals surface area contributed by atoms with Crippen molar-refractivity contribution in [3.63, 3.8) is 0 Å². The molecule has 0 unspecified atom stereocenters. The van der Waals surface area contributed by atoms with Crippen LogP contribution in [0.4, 0.5) is 0 Å². The van der Waals surface area contributed by atoms with Crippen LogP contribution in [-0.2, 0) is 16.0 Å². The highest BCUT2D eigenvalue weighted by molar-refractivity contribution is 6.30. The van der Waals surface area contributed by atoms with E-state index in [1.54, 1.807) is 18.2 Å². The molecule has 1 N–H and O–H groups in total. The van der Waals surface area contributed by atoms with Gasteiger partial charge in [0.15, 0.2) is 6.61 Å². The molecule has 24 heavy (non-hydrogen) atoms. The minimum atomic E-state index is -0.497. The number of nitrogens with one attached hydrogen (secondary N) is 1. The fourth-order valence-corrected chi connectivity index (χ4v) is 2.39. The van der Waals surface area contributed by atoms with Gasteiger partial charge in [0.2, 0.25) is 0 Å². The molecule has 2 aromatic carbocycles. The van der Waals surface area contributed by atoms with Crippen molar-refractivity contribution in [2.24, 2.45) is 0 Å². The van der Waals surface area contributed by atoms with E-state index in [1.165, 1.54) is 0 Å². The summed E-state index contributed by atoms with van der Waals surface area (Å²) >= 11 is 5.91. The number of amides is 1. The molecule has 0 fully saturated rings. The third kappa shape index (κ3) is 5.39. The van der Waals surface area contributed by atoms with Gasteiger partial charge < -0.3 is 10.1 Å². The van der Waals surface area contributed by atoms with Crippen LogP contribution in [0.25, 0.3) is 0 Å². The summed E-state index contributed by atoms with van der Waals surface area (Å²) in [6.45, 7) is 4.06. The topological polar surface area (TPSA) is 55.4 Å². The molecule has 0 aliphatic rings.